The summed E-state index contributed by atoms with van der Waals surface area (Å²) in [5.74, 6) is 1.28. The SMILES string of the molecule is CCN(CC1CCC1)S(=O)(=O)CCSc1ccccc1N. The summed E-state index contributed by atoms with van der Waals surface area (Å²) in [6, 6.07) is 7.57. The first-order valence-electron chi connectivity index (χ1n) is 7.48. The molecule has 0 atom stereocenters. The number of nitrogens with zero attached hydrogens (tertiary/aromatic N) is 1. The van der Waals surface area contributed by atoms with Gasteiger partial charge in [-0.25, -0.2) is 12.7 Å². The van der Waals surface area contributed by atoms with Crippen molar-refractivity contribution >= 4 is 27.5 Å². The zero-order valence-corrected chi connectivity index (χ0v) is 14.1. The molecule has 2 N–H and O–H groups in total. The number of hydrogen-bond donors (Lipinski definition) is 1. The molecule has 6 heteroatoms. The summed E-state index contributed by atoms with van der Waals surface area (Å²) in [7, 11) is -3.16. The molecular weight excluding hydrogens is 304 g/mol. The van der Waals surface area contributed by atoms with Crippen molar-refractivity contribution in [3.05, 3.63) is 24.3 Å². The fourth-order valence-corrected chi connectivity index (χ4v) is 5.30. The zero-order chi connectivity index (χ0) is 15.3. The van der Waals surface area contributed by atoms with Crippen LogP contribution in [0.4, 0.5) is 5.69 Å². The third-order valence-electron chi connectivity index (χ3n) is 3.95. The van der Waals surface area contributed by atoms with Crippen molar-refractivity contribution in [1.29, 1.82) is 0 Å². The molecule has 1 aromatic rings. The standard InChI is InChI=1S/C15H24N2O2S2/c1-2-17(12-13-6-5-7-13)21(18,19)11-10-20-15-9-4-3-8-14(15)16/h3-4,8-9,13H,2,5-7,10-12,16H2,1H3. The monoisotopic (exact) mass is 328 g/mol. The van der Waals surface area contributed by atoms with Gasteiger partial charge in [0.05, 0.1) is 5.75 Å². The summed E-state index contributed by atoms with van der Waals surface area (Å²) < 4.78 is 26.4. The van der Waals surface area contributed by atoms with Crippen molar-refractivity contribution in [2.24, 2.45) is 5.92 Å². The van der Waals surface area contributed by atoms with Gasteiger partial charge in [0.1, 0.15) is 0 Å². The Bertz CT molecular complexity index is 557. The van der Waals surface area contributed by atoms with Gasteiger partial charge in [-0.15, -0.1) is 11.8 Å². The Labute approximate surface area is 132 Å². The average molecular weight is 329 g/mol. The fraction of sp³-hybridized carbons (Fsp3) is 0.600. The molecule has 0 aromatic heterocycles. The zero-order valence-electron chi connectivity index (χ0n) is 12.5. The second-order valence-electron chi connectivity index (χ2n) is 5.45. The Kier molecular flexibility index (Phi) is 5.96. The third-order valence-corrected chi connectivity index (χ3v) is 7.21. The summed E-state index contributed by atoms with van der Waals surface area (Å²) in [5, 5.41) is 0. The molecule has 2 rings (SSSR count). The third kappa shape index (κ3) is 4.63. The van der Waals surface area contributed by atoms with Crippen molar-refractivity contribution in [2.45, 2.75) is 31.1 Å². The number of hydrogen-bond acceptors (Lipinski definition) is 4. The molecule has 1 saturated carbocycles. The largest absolute Gasteiger partial charge is 0.398 e. The first-order valence-corrected chi connectivity index (χ1v) is 10.1. The molecule has 0 amide bonds. The van der Waals surface area contributed by atoms with Crippen LogP contribution >= 0.6 is 11.8 Å². The maximum Gasteiger partial charge on any atom is 0.214 e. The van der Waals surface area contributed by atoms with Crippen molar-refractivity contribution < 1.29 is 8.42 Å². The van der Waals surface area contributed by atoms with E-state index in [1.54, 1.807) is 4.31 Å². The number of rotatable bonds is 8. The highest BCUT2D eigenvalue weighted by molar-refractivity contribution is 8.00. The first kappa shape index (κ1) is 16.6. The molecule has 0 radical (unpaired) electrons. The van der Waals surface area contributed by atoms with E-state index < -0.39 is 10.0 Å². The lowest BCUT2D eigenvalue weighted by Crippen LogP contribution is -2.39. The van der Waals surface area contributed by atoms with E-state index in [4.69, 9.17) is 5.73 Å². The molecule has 0 saturated heterocycles. The van der Waals surface area contributed by atoms with Gasteiger partial charge in [-0.1, -0.05) is 25.5 Å². The van der Waals surface area contributed by atoms with Crippen LogP contribution in [0.3, 0.4) is 0 Å². The minimum Gasteiger partial charge on any atom is -0.398 e. The number of para-hydroxylation sites is 1. The molecule has 0 bridgehead atoms. The van der Waals surface area contributed by atoms with Crippen LogP contribution in [-0.2, 0) is 10.0 Å². The van der Waals surface area contributed by atoms with Gasteiger partial charge in [0.15, 0.2) is 0 Å². The minimum absolute atomic E-state index is 0.173. The van der Waals surface area contributed by atoms with Crippen LogP contribution in [0.25, 0.3) is 0 Å². The number of sulfonamides is 1. The first-order chi connectivity index (χ1) is 10.0. The molecule has 0 aliphatic heterocycles. The van der Waals surface area contributed by atoms with Gasteiger partial charge < -0.3 is 5.73 Å². The second-order valence-corrected chi connectivity index (χ2v) is 8.68. The lowest BCUT2D eigenvalue weighted by Gasteiger charge is -2.31. The quantitative estimate of drug-likeness (QED) is 0.589. The number of anilines is 1. The number of nitrogens with two attached hydrogens (primary N) is 1. The molecule has 1 aliphatic rings. The van der Waals surface area contributed by atoms with Crippen molar-refractivity contribution in [3.63, 3.8) is 0 Å². The lowest BCUT2D eigenvalue weighted by atomic mass is 9.85. The highest BCUT2D eigenvalue weighted by Gasteiger charge is 2.26. The maximum atomic E-state index is 12.4. The molecule has 0 spiro atoms. The van der Waals surface area contributed by atoms with Crippen LogP contribution in [0, 0.1) is 5.92 Å². The molecule has 0 heterocycles. The van der Waals surface area contributed by atoms with Gasteiger partial charge in [0.2, 0.25) is 10.0 Å². The molecule has 1 aromatic carbocycles. The average Bonchev–Trinajstić information content (AvgIpc) is 2.39. The smallest absolute Gasteiger partial charge is 0.214 e. The Morgan fingerprint density at radius 1 is 1.33 bits per heavy atom. The van der Waals surface area contributed by atoms with Gasteiger partial charge in [0.25, 0.3) is 0 Å². The summed E-state index contributed by atoms with van der Waals surface area (Å²) in [4.78, 5) is 0.953. The van der Waals surface area contributed by atoms with Gasteiger partial charge >= 0.3 is 0 Å². The molecule has 1 fully saturated rings. The van der Waals surface area contributed by atoms with Gasteiger partial charge in [-0.3, -0.25) is 0 Å². The van der Waals surface area contributed by atoms with E-state index in [0.717, 1.165) is 4.90 Å². The Balaban J connectivity index is 1.86. The van der Waals surface area contributed by atoms with Gasteiger partial charge in [-0.05, 0) is 30.9 Å². The molecular formula is C15H24N2O2S2. The van der Waals surface area contributed by atoms with E-state index in [9.17, 15) is 8.42 Å². The summed E-state index contributed by atoms with van der Waals surface area (Å²) >= 11 is 1.51. The van der Waals surface area contributed by atoms with E-state index in [-0.39, 0.29) is 5.75 Å². The molecule has 0 unspecified atom stereocenters. The maximum absolute atomic E-state index is 12.4. The highest BCUT2D eigenvalue weighted by atomic mass is 32.2. The number of nitrogen functional groups attached to an aromatic ring is 1. The van der Waals surface area contributed by atoms with Crippen LogP contribution in [0.5, 0.6) is 0 Å². The fourth-order valence-electron chi connectivity index (χ4n) is 2.40. The number of thioether (sulfide) groups is 1. The molecule has 21 heavy (non-hydrogen) atoms. The Morgan fingerprint density at radius 2 is 2.05 bits per heavy atom. The Hall–Kier alpha value is -0.720. The van der Waals surface area contributed by atoms with Gasteiger partial charge in [-0.2, -0.15) is 0 Å². The van der Waals surface area contributed by atoms with E-state index in [2.05, 4.69) is 0 Å². The Morgan fingerprint density at radius 3 is 2.62 bits per heavy atom. The van der Waals surface area contributed by atoms with Crippen LogP contribution in [0.2, 0.25) is 0 Å². The van der Waals surface area contributed by atoms with E-state index in [1.807, 2.05) is 31.2 Å². The molecule has 118 valence electrons. The normalized spacial score (nSPS) is 16.1. The van der Waals surface area contributed by atoms with E-state index in [0.29, 0.717) is 30.4 Å². The van der Waals surface area contributed by atoms with Crippen molar-refractivity contribution in [1.82, 2.24) is 4.31 Å². The summed E-state index contributed by atoms with van der Waals surface area (Å²) in [6.45, 7) is 3.17. The molecule has 4 nitrogen and oxygen atoms in total. The minimum atomic E-state index is -3.16. The van der Waals surface area contributed by atoms with Crippen LogP contribution < -0.4 is 5.73 Å². The summed E-state index contributed by atoms with van der Waals surface area (Å²) in [6.07, 6.45) is 3.58. The molecule has 1 aliphatic carbocycles. The number of benzene rings is 1. The van der Waals surface area contributed by atoms with Crippen LogP contribution in [0.15, 0.2) is 29.2 Å². The highest BCUT2D eigenvalue weighted by Crippen LogP contribution is 2.28. The predicted molar refractivity (Wildman–Crippen MR) is 90.0 cm³/mol. The van der Waals surface area contributed by atoms with Crippen molar-refractivity contribution in [3.8, 4) is 0 Å². The lowest BCUT2D eigenvalue weighted by molar-refractivity contribution is 0.250. The van der Waals surface area contributed by atoms with Gasteiger partial charge in [0, 0.05) is 29.4 Å². The topological polar surface area (TPSA) is 63.4 Å². The second kappa shape index (κ2) is 7.51. The van der Waals surface area contributed by atoms with Crippen molar-refractivity contribution in [2.75, 3.05) is 30.3 Å². The van der Waals surface area contributed by atoms with E-state index in [1.165, 1.54) is 31.0 Å². The predicted octanol–water partition coefficient (Wildman–Crippen LogP) is 2.81. The summed E-state index contributed by atoms with van der Waals surface area (Å²) in [5.41, 5.74) is 6.58. The van der Waals surface area contributed by atoms with Crippen LogP contribution in [-0.4, -0.2) is 37.3 Å². The van der Waals surface area contributed by atoms with Crippen LogP contribution in [0.1, 0.15) is 26.2 Å². The van der Waals surface area contributed by atoms with E-state index >= 15 is 0 Å².